The summed E-state index contributed by atoms with van der Waals surface area (Å²) >= 11 is 0. The van der Waals surface area contributed by atoms with Crippen LogP contribution in [0.25, 0.3) is 0 Å². The van der Waals surface area contributed by atoms with E-state index in [1.54, 1.807) is 10.5 Å². The molecule has 0 unspecified atom stereocenters. The highest BCUT2D eigenvalue weighted by Crippen LogP contribution is 2.42. The lowest BCUT2D eigenvalue weighted by molar-refractivity contribution is 0.00857. The lowest BCUT2D eigenvalue weighted by Gasteiger charge is -2.33. The topological polar surface area (TPSA) is 72.4 Å². The third-order valence-electron chi connectivity index (χ3n) is 4.75. The quantitative estimate of drug-likeness (QED) is 0.836. The Kier molecular flexibility index (Phi) is 3.24. The second-order valence-corrected chi connectivity index (χ2v) is 8.40. The number of fused-ring (bicyclic) bond motifs is 1. The Labute approximate surface area is 124 Å². The first-order valence-electron chi connectivity index (χ1n) is 7.55. The van der Waals surface area contributed by atoms with Crippen LogP contribution in [0.5, 0.6) is 0 Å². The highest BCUT2D eigenvalue weighted by atomic mass is 32.2. The Hall–Kier alpha value is -1.05. The number of hydrogen-bond donors (Lipinski definition) is 0. The van der Waals surface area contributed by atoms with Crippen molar-refractivity contribution in [3.63, 3.8) is 0 Å². The summed E-state index contributed by atoms with van der Waals surface area (Å²) in [5.74, 6) is 0.440. The average molecular weight is 309 g/mol. The third kappa shape index (κ3) is 2.47. The van der Waals surface area contributed by atoms with Crippen LogP contribution in [0.1, 0.15) is 37.5 Å². The minimum absolute atomic E-state index is 0.00670. The van der Waals surface area contributed by atoms with E-state index >= 15 is 0 Å². The van der Waals surface area contributed by atoms with Crippen molar-refractivity contribution in [1.29, 1.82) is 0 Å². The molecule has 1 aliphatic carbocycles. The van der Waals surface area contributed by atoms with Gasteiger partial charge in [0.1, 0.15) is 12.4 Å². The molecule has 0 bridgehead atoms. The molecule has 1 aromatic rings. The summed E-state index contributed by atoms with van der Waals surface area (Å²) < 4.78 is 32.4. The van der Waals surface area contributed by atoms with Crippen LogP contribution in [-0.4, -0.2) is 47.1 Å². The molecule has 114 valence electrons. The molecule has 0 N–H and O–H groups in total. The van der Waals surface area contributed by atoms with Gasteiger partial charge in [0.15, 0.2) is 0 Å². The molecule has 1 aromatic heterocycles. The van der Waals surface area contributed by atoms with Gasteiger partial charge >= 0.3 is 0 Å². The molecule has 0 amide bonds. The molecule has 7 heteroatoms. The van der Waals surface area contributed by atoms with Crippen molar-refractivity contribution in [1.82, 2.24) is 14.3 Å². The van der Waals surface area contributed by atoms with Crippen molar-refractivity contribution < 1.29 is 13.2 Å². The predicted molar refractivity (Wildman–Crippen MR) is 75.9 cm³/mol. The molecule has 2 aliphatic heterocycles. The summed E-state index contributed by atoms with van der Waals surface area (Å²) in [7, 11) is -3.08. The van der Waals surface area contributed by atoms with Crippen LogP contribution in [0.2, 0.25) is 0 Å². The SMILES string of the molecule is O=S(=O)(C1CC1)N1CC[C@H]2C[C@H](c3ccncn3)O[C@@H]2C1. The summed E-state index contributed by atoms with van der Waals surface area (Å²) in [6, 6.07) is 1.88. The van der Waals surface area contributed by atoms with Gasteiger partial charge in [-0.1, -0.05) is 0 Å². The summed E-state index contributed by atoms with van der Waals surface area (Å²) in [5.41, 5.74) is 0.899. The van der Waals surface area contributed by atoms with E-state index in [1.807, 2.05) is 6.07 Å². The fourth-order valence-electron chi connectivity index (χ4n) is 3.39. The second kappa shape index (κ2) is 5.00. The minimum atomic E-state index is -3.08. The Morgan fingerprint density at radius 2 is 2.14 bits per heavy atom. The van der Waals surface area contributed by atoms with E-state index in [-0.39, 0.29) is 17.5 Å². The molecule has 3 fully saturated rings. The standard InChI is InChI=1S/C14H19N3O3S/c18-21(19,11-1-2-11)17-6-4-10-7-13(20-14(10)8-17)12-3-5-15-9-16-12/h3,5,9-11,13-14H,1-2,4,6-8H2/t10-,13+,14+/m0/s1. The first-order chi connectivity index (χ1) is 10.1. The van der Waals surface area contributed by atoms with Crippen molar-refractivity contribution in [3.05, 3.63) is 24.3 Å². The maximum Gasteiger partial charge on any atom is 0.217 e. The van der Waals surface area contributed by atoms with E-state index in [9.17, 15) is 8.42 Å². The van der Waals surface area contributed by atoms with Gasteiger partial charge in [-0.25, -0.2) is 18.4 Å². The van der Waals surface area contributed by atoms with Gasteiger partial charge < -0.3 is 4.74 Å². The fourth-order valence-corrected chi connectivity index (χ4v) is 5.26. The van der Waals surface area contributed by atoms with Crippen LogP contribution in [0.3, 0.4) is 0 Å². The third-order valence-corrected chi connectivity index (χ3v) is 7.12. The molecule has 21 heavy (non-hydrogen) atoms. The van der Waals surface area contributed by atoms with Gasteiger partial charge in [0.2, 0.25) is 10.0 Å². The number of nitrogens with zero attached hydrogens (tertiary/aromatic N) is 3. The fraction of sp³-hybridized carbons (Fsp3) is 0.714. The zero-order valence-electron chi connectivity index (χ0n) is 11.8. The van der Waals surface area contributed by atoms with Crippen LogP contribution < -0.4 is 0 Å². The highest BCUT2D eigenvalue weighted by molar-refractivity contribution is 7.90. The zero-order chi connectivity index (χ0) is 14.4. The van der Waals surface area contributed by atoms with E-state index < -0.39 is 10.0 Å². The second-order valence-electron chi connectivity index (χ2n) is 6.18. The molecule has 0 aromatic carbocycles. The van der Waals surface area contributed by atoms with E-state index in [4.69, 9.17) is 4.74 Å². The summed E-state index contributed by atoms with van der Waals surface area (Å²) in [6.07, 6.45) is 6.69. The number of aromatic nitrogens is 2. The molecule has 4 rings (SSSR count). The normalized spacial score (nSPS) is 33.8. The zero-order valence-corrected chi connectivity index (χ0v) is 12.6. The molecule has 0 spiro atoms. The lowest BCUT2D eigenvalue weighted by atomic mass is 9.92. The van der Waals surface area contributed by atoms with Crippen molar-refractivity contribution in [2.75, 3.05) is 13.1 Å². The van der Waals surface area contributed by atoms with E-state index in [0.717, 1.165) is 31.4 Å². The van der Waals surface area contributed by atoms with Crippen LogP contribution in [0.4, 0.5) is 0 Å². The van der Waals surface area contributed by atoms with Gasteiger partial charge in [-0.3, -0.25) is 0 Å². The number of sulfonamides is 1. The highest BCUT2D eigenvalue weighted by Gasteiger charge is 2.46. The van der Waals surface area contributed by atoms with Gasteiger partial charge in [0, 0.05) is 19.3 Å². The molecule has 6 nitrogen and oxygen atoms in total. The number of ether oxygens (including phenoxy) is 1. The lowest BCUT2D eigenvalue weighted by Crippen LogP contribution is -2.46. The summed E-state index contributed by atoms with van der Waals surface area (Å²) in [5, 5.41) is -0.131. The smallest absolute Gasteiger partial charge is 0.217 e. The van der Waals surface area contributed by atoms with Gasteiger partial charge in [-0.15, -0.1) is 0 Å². The van der Waals surface area contributed by atoms with Crippen molar-refractivity contribution >= 4 is 10.0 Å². The van der Waals surface area contributed by atoms with E-state index in [0.29, 0.717) is 19.0 Å². The molecule has 3 atom stereocenters. The minimum Gasteiger partial charge on any atom is -0.367 e. The molecule has 2 saturated heterocycles. The maximum atomic E-state index is 12.3. The van der Waals surface area contributed by atoms with Gasteiger partial charge in [0.25, 0.3) is 0 Å². The van der Waals surface area contributed by atoms with Crippen molar-refractivity contribution in [3.8, 4) is 0 Å². The monoisotopic (exact) mass is 309 g/mol. The van der Waals surface area contributed by atoms with Gasteiger partial charge in [-0.2, -0.15) is 4.31 Å². The molecule has 3 aliphatic rings. The Morgan fingerprint density at radius 1 is 1.29 bits per heavy atom. The number of hydrogen-bond acceptors (Lipinski definition) is 5. The van der Waals surface area contributed by atoms with Crippen molar-refractivity contribution in [2.45, 2.75) is 43.1 Å². The van der Waals surface area contributed by atoms with Crippen LogP contribution in [-0.2, 0) is 14.8 Å². The molecule has 3 heterocycles. The largest absolute Gasteiger partial charge is 0.367 e. The van der Waals surface area contributed by atoms with Crippen LogP contribution >= 0.6 is 0 Å². The first kappa shape index (κ1) is 13.6. The predicted octanol–water partition coefficient (Wildman–Crippen LogP) is 1.12. The Bertz CT molecular complexity index is 618. The maximum absolute atomic E-state index is 12.3. The number of piperidine rings is 1. The van der Waals surface area contributed by atoms with Gasteiger partial charge in [-0.05, 0) is 37.7 Å². The molecular formula is C14H19N3O3S. The van der Waals surface area contributed by atoms with Crippen molar-refractivity contribution in [2.24, 2.45) is 5.92 Å². The Balaban J connectivity index is 1.47. The van der Waals surface area contributed by atoms with E-state index in [1.165, 1.54) is 6.33 Å². The van der Waals surface area contributed by atoms with E-state index in [2.05, 4.69) is 9.97 Å². The molecular weight excluding hydrogens is 290 g/mol. The van der Waals surface area contributed by atoms with Crippen LogP contribution in [0, 0.1) is 5.92 Å². The number of rotatable bonds is 3. The molecule has 1 saturated carbocycles. The first-order valence-corrected chi connectivity index (χ1v) is 9.05. The van der Waals surface area contributed by atoms with Crippen LogP contribution in [0.15, 0.2) is 18.6 Å². The molecule has 0 radical (unpaired) electrons. The van der Waals surface area contributed by atoms with Gasteiger partial charge in [0.05, 0.1) is 17.0 Å². The summed E-state index contributed by atoms with van der Waals surface area (Å²) in [6.45, 7) is 1.14. The Morgan fingerprint density at radius 3 is 2.86 bits per heavy atom. The summed E-state index contributed by atoms with van der Waals surface area (Å²) in [4.78, 5) is 8.18. The average Bonchev–Trinajstić information content (AvgIpc) is 3.27.